The molecule has 2 aromatic rings. The quantitative estimate of drug-likeness (QED) is 0.809. The number of nitrogen functional groups attached to an aromatic ring is 1. The summed E-state index contributed by atoms with van der Waals surface area (Å²) in [7, 11) is -1.71. The molecule has 0 bridgehead atoms. The first-order valence-corrected chi connectivity index (χ1v) is 7.56. The van der Waals surface area contributed by atoms with Crippen LogP contribution in [0.1, 0.15) is 10.4 Å². The van der Waals surface area contributed by atoms with Crippen molar-refractivity contribution in [2.75, 3.05) is 17.3 Å². The molecule has 2 rings (SSSR count). The second-order valence-electron chi connectivity index (χ2n) is 4.39. The smallest absolute Gasteiger partial charge is 0.256 e. The van der Waals surface area contributed by atoms with Gasteiger partial charge in [0.05, 0.1) is 4.90 Å². The second kappa shape index (κ2) is 4.97. The van der Waals surface area contributed by atoms with Crippen molar-refractivity contribution in [3.8, 4) is 0 Å². The van der Waals surface area contributed by atoms with Crippen molar-refractivity contribution >= 4 is 27.2 Å². The van der Waals surface area contributed by atoms with Crippen LogP contribution in [-0.4, -0.2) is 30.4 Å². The average molecular weight is 294 g/mol. The second-order valence-corrected chi connectivity index (χ2v) is 6.41. The maximum atomic E-state index is 12.0. The zero-order valence-corrected chi connectivity index (χ0v) is 11.8. The first kappa shape index (κ1) is 14.1. The van der Waals surface area contributed by atoms with Crippen LogP contribution in [0.3, 0.4) is 0 Å². The van der Waals surface area contributed by atoms with Crippen LogP contribution >= 0.6 is 0 Å². The van der Waals surface area contributed by atoms with E-state index < -0.39 is 15.7 Å². The van der Waals surface area contributed by atoms with Crippen LogP contribution in [0.2, 0.25) is 0 Å². The van der Waals surface area contributed by atoms with Crippen molar-refractivity contribution in [1.29, 1.82) is 0 Å². The van der Waals surface area contributed by atoms with Crippen molar-refractivity contribution in [3.05, 3.63) is 36.0 Å². The Morgan fingerprint density at radius 3 is 2.60 bits per heavy atom. The van der Waals surface area contributed by atoms with Gasteiger partial charge in [-0.25, -0.2) is 8.42 Å². The molecule has 1 heterocycles. The molecule has 0 spiro atoms. The molecule has 3 N–H and O–H groups in total. The van der Waals surface area contributed by atoms with E-state index in [9.17, 15) is 13.2 Å². The Kier molecular flexibility index (Phi) is 3.49. The third-order valence-corrected chi connectivity index (χ3v) is 3.67. The highest BCUT2D eigenvalue weighted by Gasteiger charge is 2.14. The third kappa shape index (κ3) is 3.15. The molecule has 0 atom stereocenters. The molecule has 20 heavy (non-hydrogen) atoms. The predicted molar refractivity (Wildman–Crippen MR) is 75.1 cm³/mol. The minimum absolute atomic E-state index is 0.00340. The third-order valence-electron chi connectivity index (χ3n) is 2.57. The lowest BCUT2D eigenvalue weighted by Gasteiger charge is -2.06. The fourth-order valence-electron chi connectivity index (χ4n) is 1.64. The molecule has 0 unspecified atom stereocenters. The normalized spacial score (nSPS) is 11.3. The summed E-state index contributed by atoms with van der Waals surface area (Å²) in [6, 6.07) is 5.63. The lowest BCUT2D eigenvalue weighted by molar-refractivity contribution is 0.102. The SMILES string of the molecule is Cn1ccc(NC(=O)c2cc(N)cc(S(C)(=O)=O)c2)n1. The monoisotopic (exact) mass is 294 g/mol. The van der Waals surface area contributed by atoms with E-state index in [1.807, 2.05) is 0 Å². The van der Waals surface area contributed by atoms with E-state index in [1.54, 1.807) is 19.3 Å². The molecular formula is C12H14N4O3S. The van der Waals surface area contributed by atoms with Crippen molar-refractivity contribution in [2.24, 2.45) is 7.05 Å². The minimum Gasteiger partial charge on any atom is -0.399 e. The minimum atomic E-state index is -3.43. The van der Waals surface area contributed by atoms with E-state index in [0.29, 0.717) is 5.82 Å². The summed E-state index contributed by atoms with van der Waals surface area (Å²) in [5, 5.41) is 6.57. The fourth-order valence-corrected chi connectivity index (χ4v) is 2.33. The molecule has 0 fully saturated rings. The van der Waals surface area contributed by atoms with E-state index in [2.05, 4.69) is 10.4 Å². The summed E-state index contributed by atoms with van der Waals surface area (Å²) in [5.41, 5.74) is 6.00. The van der Waals surface area contributed by atoms with Gasteiger partial charge in [-0.3, -0.25) is 9.48 Å². The highest BCUT2D eigenvalue weighted by molar-refractivity contribution is 7.90. The first-order chi connectivity index (χ1) is 9.25. The van der Waals surface area contributed by atoms with Crippen LogP contribution in [0.4, 0.5) is 11.5 Å². The number of amides is 1. The van der Waals surface area contributed by atoms with Gasteiger partial charge in [-0.05, 0) is 18.2 Å². The Hall–Kier alpha value is -2.35. The number of benzene rings is 1. The predicted octanol–water partition coefficient (Wildman–Crippen LogP) is 0.658. The van der Waals surface area contributed by atoms with E-state index in [0.717, 1.165) is 6.26 Å². The summed E-state index contributed by atoms with van der Waals surface area (Å²) >= 11 is 0. The molecule has 0 aliphatic rings. The van der Waals surface area contributed by atoms with Gasteiger partial charge in [0.15, 0.2) is 15.7 Å². The molecule has 7 nitrogen and oxygen atoms in total. The van der Waals surface area contributed by atoms with Crippen LogP contribution in [0.5, 0.6) is 0 Å². The molecule has 106 valence electrons. The topological polar surface area (TPSA) is 107 Å². The molecule has 0 aliphatic carbocycles. The lowest BCUT2D eigenvalue weighted by atomic mass is 10.2. The number of carbonyl (C=O) groups is 1. The molecule has 1 aromatic carbocycles. The molecule has 1 amide bonds. The summed E-state index contributed by atoms with van der Waals surface area (Å²) in [6.45, 7) is 0. The van der Waals surface area contributed by atoms with Crippen LogP contribution in [0, 0.1) is 0 Å². The van der Waals surface area contributed by atoms with E-state index in [4.69, 9.17) is 5.73 Å². The molecule has 0 aliphatic heterocycles. The Bertz CT molecular complexity index is 765. The average Bonchev–Trinajstić information content (AvgIpc) is 2.72. The van der Waals surface area contributed by atoms with Crippen LogP contribution in [0.25, 0.3) is 0 Å². The Morgan fingerprint density at radius 2 is 2.05 bits per heavy atom. The van der Waals surface area contributed by atoms with Crippen molar-refractivity contribution in [2.45, 2.75) is 4.90 Å². The Balaban J connectivity index is 2.33. The number of nitrogens with two attached hydrogens (primary N) is 1. The summed E-state index contributed by atoms with van der Waals surface area (Å²) in [5.74, 6) is -0.0956. The maximum absolute atomic E-state index is 12.0. The highest BCUT2D eigenvalue weighted by atomic mass is 32.2. The lowest BCUT2D eigenvalue weighted by Crippen LogP contribution is -2.14. The van der Waals surface area contributed by atoms with E-state index >= 15 is 0 Å². The van der Waals surface area contributed by atoms with Gasteiger partial charge in [-0.1, -0.05) is 0 Å². The molecule has 0 radical (unpaired) electrons. The standard InChI is InChI=1S/C12H14N4O3S/c1-16-4-3-11(15-16)14-12(17)8-5-9(13)7-10(6-8)20(2,18)19/h3-7H,13H2,1-2H3,(H,14,15,17). The Labute approximate surface area is 116 Å². The number of aromatic nitrogens is 2. The number of hydrogen-bond donors (Lipinski definition) is 2. The number of rotatable bonds is 3. The number of aryl methyl sites for hydroxylation is 1. The number of anilines is 2. The van der Waals surface area contributed by atoms with Crippen molar-refractivity contribution in [3.63, 3.8) is 0 Å². The zero-order chi connectivity index (χ0) is 14.9. The molecule has 8 heteroatoms. The van der Waals surface area contributed by atoms with Gasteiger partial charge in [0.25, 0.3) is 5.91 Å². The largest absolute Gasteiger partial charge is 0.399 e. The summed E-state index contributed by atoms with van der Waals surface area (Å²) in [6.07, 6.45) is 2.74. The van der Waals surface area contributed by atoms with Crippen LogP contribution in [-0.2, 0) is 16.9 Å². The highest BCUT2D eigenvalue weighted by Crippen LogP contribution is 2.17. The fraction of sp³-hybridized carbons (Fsp3) is 0.167. The van der Waals surface area contributed by atoms with Crippen LogP contribution in [0.15, 0.2) is 35.4 Å². The van der Waals surface area contributed by atoms with Gasteiger partial charge < -0.3 is 11.1 Å². The van der Waals surface area contributed by atoms with Crippen molar-refractivity contribution in [1.82, 2.24) is 9.78 Å². The molecular weight excluding hydrogens is 280 g/mol. The van der Waals surface area contributed by atoms with Crippen LogP contribution < -0.4 is 11.1 Å². The summed E-state index contributed by atoms with van der Waals surface area (Å²) < 4.78 is 24.6. The zero-order valence-electron chi connectivity index (χ0n) is 11.0. The Morgan fingerprint density at radius 1 is 1.35 bits per heavy atom. The number of hydrogen-bond acceptors (Lipinski definition) is 5. The molecule has 0 saturated heterocycles. The van der Waals surface area contributed by atoms with Gasteiger partial charge >= 0.3 is 0 Å². The first-order valence-electron chi connectivity index (χ1n) is 5.67. The number of nitrogens with zero attached hydrogens (tertiary/aromatic N) is 2. The maximum Gasteiger partial charge on any atom is 0.256 e. The van der Waals surface area contributed by atoms with Gasteiger partial charge in [-0.15, -0.1) is 0 Å². The molecule has 1 aromatic heterocycles. The van der Waals surface area contributed by atoms with Gasteiger partial charge in [0.2, 0.25) is 0 Å². The van der Waals surface area contributed by atoms with Crippen molar-refractivity contribution < 1.29 is 13.2 Å². The van der Waals surface area contributed by atoms with Gasteiger partial charge in [-0.2, -0.15) is 5.10 Å². The number of nitrogens with one attached hydrogen (secondary N) is 1. The number of carbonyl (C=O) groups excluding carboxylic acids is 1. The van der Waals surface area contributed by atoms with Gasteiger partial charge in [0, 0.05) is 36.8 Å². The number of sulfone groups is 1. The van der Waals surface area contributed by atoms with E-state index in [-0.39, 0.29) is 16.1 Å². The molecule has 0 saturated carbocycles. The van der Waals surface area contributed by atoms with E-state index in [1.165, 1.54) is 22.9 Å². The van der Waals surface area contributed by atoms with Gasteiger partial charge in [0.1, 0.15) is 0 Å². The summed E-state index contributed by atoms with van der Waals surface area (Å²) in [4.78, 5) is 12.0.